The van der Waals surface area contributed by atoms with Crippen LogP contribution in [0.25, 0.3) is 0 Å². The van der Waals surface area contributed by atoms with Crippen LogP contribution in [-0.4, -0.2) is 134 Å². The minimum atomic E-state index is -3.72. The van der Waals surface area contributed by atoms with E-state index in [4.69, 9.17) is 18.9 Å². The molecular formula is C51H82N2O13S. The highest BCUT2D eigenvalue weighted by Crippen LogP contribution is 2.38. The van der Waals surface area contributed by atoms with Gasteiger partial charge in [0.05, 0.1) is 24.6 Å². The number of nitrogens with one attached hydrogen (secondary N) is 1. The molecule has 2 saturated heterocycles. The molecule has 15 nitrogen and oxygen atoms in total. The molecular weight excluding hydrogens is 881 g/mol. The molecule has 1 aliphatic carbocycles. The van der Waals surface area contributed by atoms with E-state index in [-0.39, 0.29) is 54.9 Å². The molecule has 0 aromatic carbocycles. The van der Waals surface area contributed by atoms with E-state index in [0.29, 0.717) is 75.4 Å². The Labute approximate surface area is 400 Å². The lowest BCUT2D eigenvalue weighted by Crippen LogP contribution is -2.61. The maximum absolute atomic E-state index is 14.4. The van der Waals surface area contributed by atoms with Crippen LogP contribution in [0.3, 0.4) is 0 Å². The summed E-state index contributed by atoms with van der Waals surface area (Å²) >= 11 is 0. The SMILES string of the molecule is CO[C@@H]1C[C@H](C[C@@H](C)[C@@H]2CC[C@H](C)/C=C(\C)[C@@H](O)[C@@H](OC)C(=O)[C@H](C)C[C@H](C)/C=C/C=C/C=C(\C)[C@@H](NS(C)(=O)=O)C[C@@H]3CC[C@@H](C)[C@@](O)(O3)C(=O)C(=O)N3CCCC[C@H]3C(=O)O2)CC[C@H]1O. The second kappa shape index (κ2) is 25.7. The maximum atomic E-state index is 14.4. The molecule has 1 amide bonds. The molecule has 0 radical (unpaired) electrons. The van der Waals surface area contributed by atoms with Crippen molar-refractivity contribution in [2.75, 3.05) is 27.0 Å². The van der Waals surface area contributed by atoms with Crippen molar-refractivity contribution in [3.63, 3.8) is 0 Å². The van der Waals surface area contributed by atoms with Crippen molar-refractivity contribution in [3.8, 4) is 0 Å². The average molecular weight is 963 g/mol. The Hall–Kier alpha value is -3.09. The number of rotatable bonds is 7. The van der Waals surface area contributed by atoms with Crippen molar-refractivity contribution < 1.29 is 61.9 Å². The zero-order chi connectivity index (χ0) is 49.8. The molecule has 0 unspecified atom stereocenters. The van der Waals surface area contributed by atoms with Gasteiger partial charge in [-0.05, 0) is 127 Å². The molecule has 67 heavy (non-hydrogen) atoms. The standard InChI is InChI=1S/C51H82N2O13S/c1-31-16-12-11-13-17-33(3)40(52-67(10,61)62)30-39-22-20-37(7)51(60,66-39)48(57)49(58)53-25-15-14-18-41(53)50(59)65-43(34(4)28-38-21-23-42(54)44(29-38)63-8)24-19-32(2)27-36(6)46(56)47(64-9)45(55)35(5)26-31/h11-13,16-17,27,31-32,34-35,37-44,46-47,52,54,56,60H,14-15,18-26,28-30H2,1-10H3/b13-11+,16-12+,33-17+,36-27+/t31-,32+,34-,35-,37-,38+,39+,40+,41+,42-,43+,44-,46-,47+,51-/m1/s1. The van der Waals surface area contributed by atoms with Crippen LogP contribution in [0.15, 0.2) is 47.6 Å². The van der Waals surface area contributed by atoms with Crippen molar-refractivity contribution in [1.82, 2.24) is 9.62 Å². The molecule has 0 aromatic heterocycles. The number of methoxy groups -OCH3 is 2. The number of nitrogens with zero attached hydrogens (tertiary/aromatic N) is 1. The van der Waals surface area contributed by atoms with E-state index in [1.54, 1.807) is 46.1 Å². The Morgan fingerprint density at radius 1 is 0.866 bits per heavy atom. The highest BCUT2D eigenvalue weighted by molar-refractivity contribution is 7.88. The van der Waals surface area contributed by atoms with Crippen LogP contribution < -0.4 is 4.72 Å². The lowest BCUT2D eigenvalue weighted by atomic mass is 9.78. The third-order valence-electron chi connectivity index (χ3n) is 14.6. The Balaban J connectivity index is 1.71. The Morgan fingerprint density at radius 2 is 1.58 bits per heavy atom. The summed E-state index contributed by atoms with van der Waals surface area (Å²) in [5.41, 5.74) is 1.22. The third-order valence-corrected chi connectivity index (χ3v) is 15.4. The number of aliphatic hydroxyl groups excluding tert-OH is 2. The number of fused-ring (bicyclic) bond motifs is 3. The number of Topliss-reactive ketones (excluding diaryl/α,β-unsaturated/α-hetero) is 2. The topological polar surface area (TPSA) is 215 Å². The highest BCUT2D eigenvalue weighted by Gasteiger charge is 2.53. The number of hydrogen-bond acceptors (Lipinski definition) is 13. The number of piperidine rings is 1. The molecule has 2 bridgehead atoms. The van der Waals surface area contributed by atoms with Crippen molar-refractivity contribution in [1.29, 1.82) is 0 Å². The summed E-state index contributed by atoms with van der Waals surface area (Å²) in [6.07, 6.45) is 14.0. The smallest absolute Gasteiger partial charge is 0.329 e. The molecule has 380 valence electrons. The van der Waals surface area contributed by atoms with Gasteiger partial charge in [-0.1, -0.05) is 76.6 Å². The van der Waals surface area contributed by atoms with Crippen LogP contribution in [0.2, 0.25) is 0 Å². The van der Waals surface area contributed by atoms with E-state index in [2.05, 4.69) is 4.72 Å². The van der Waals surface area contributed by atoms with E-state index >= 15 is 0 Å². The monoisotopic (exact) mass is 963 g/mol. The third kappa shape index (κ3) is 16.0. The first-order chi connectivity index (χ1) is 31.5. The van der Waals surface area contributed by atoms with Crippen molar-refractivity contribution in [3.05, 3.63) is 47.6 Å². The number of hydrogen-bond donors (Lipinski definition) is 4. The van der Waals surface area contributed by atoms with Crippen LogP contribution in [0, 0.1) is 35.5 Å². The van der Waals surface area contributed by atoms with E-state index in [9.17, 15) is 42.9 Å². The van der Waals surface area contributed by atoms with E-state index < -0.39 is 87.9 Å². The fourth-order valence-corrected chi connectivity index (χ4v) is 11.3. The number of aliphatic hydroxyl groups is 3. The number of carbonyl (C=O) groups is 4. The van der Waals surface area contributed by atoms with Crippen molar-refractivity contribution >= 4 is 33.5 Å². The molecule has 0 spiro atoms. The molecule has 3 aliphatic heterocycles. The van der Waals surface area contributed by atoms with Gasteiger partial charge in [-0.2, -0.15) is 0 Å². The first kappa shape index (κ1) is 56.5. The number of esters is 1. The quantitative estimate of drug-likeness (QED) is 0.133. The van der Waals surface area contributed by atoms with E-state index in [0.717, 1.165) is 12.7 Å². The van der Waals surface area contributed by atoms with Gasteiger partial charge in [0.1, 0.15) is 24.4 Å². The average Bonchev–Trinajstić information content (AvgIpc) is 3.27. The molecule has 15 atom stereocenters. The zero-order valence-corrected chi connectivity index (χ0v) is 42.5. The summed E-state index contributed by atoms with van der Waals surface area (Å²) in [5, 5.41) is 34.0. The fourth-order valence-electron chi connectivity index (χ4n) is 10.5. The number of sulfonamides is 1. The number of cyclic esters (lactones) is 1. The summed E-state index contributed by atoms with van der Waals surface area (Å²) in [6.45, 7) is 13.1. The van der Waals surface area contributed by atoms with Crippen LogP contribution >= 0.6 is 0 Å². The second-order valence-corrected chi connectivity index (χ2v) is 22.2. The van der Waals surface area contributed by atoms with Gasteiger partial charge >= 0.3 is 5.97 Å². The molecule has 16 heteroatoms. The van der Waals surface area contributed by atoms with Gasteiger partial charge in [0.15, 0.2) is 5.78 Å². The van der Waals surface area contributed by atoms with Crippen molar-refractivity contribution in [2.45, 2.75) is 186 Å². The van der Waals surface area contributed by atoms with Crippen molar-refractivity contribution in [2.24, 2.45) is 35.5 Å². The van der Waals surface area contributed by atoms with E-state index in [1.165, 1.54) is 12.0 Å². The van der Waals surface area contributed by atoms with Gasteiger partial charge in [0.2, 0.25) is 15.8 Å². The maximum Gasteiger partial charge on any atom is 0.329 e. The Morgan fingerprint density at radius 3 is 2.25 bits per heavy atom. The number of ether oxygens (including phenoxy) is 4. The second-order valence-electron chi connectivity index (χ2n) is 20.4. The van der Waals surface area contributed by atoms with Gasteiger partial charge < -0.3 is 39.2 Å². The summed E-state index contributed by atoms with van der Waals surface area (Å²) in [5.74, 6) is -6.84. The highest BCUT2D eigenvalue weighted by atomic mass is 32.2. The van der Waals surface area contributed by atoms with Gasteiger partial charge in [-0.15, -0.1) is 0 Å². The normalized spacial score (nSPS) is 39.8. The predicted octanol–water partition coefficient (Wildman–Crippen LogP) is 5.90. The first-order valence-corrected chi connectivity index (χ1v) is 26.5. The molecule has 4 aliphatic rings. The summed E-state index contributed by atoms with van der Waals surface area (Å²) in [6, 6.07) is -1.85. The zero-order valence-electron chi connectivity index (χ0n) is 41.7. The number of ketones is 2. The minimum Gasteiger partial charge on any atom is -0.461 e. The predicted molar refractivity (Wildman–Crippen MR) is 256 cm³/mol. The van der Waals surface area contributed by atoms with Gasteiger partial charge in [-0.3, -0.25) is 14.4 Å². The molecule has 0 aromatic rings. The van der Waals surface area contributed by atoms with Crippen LogP contribution in [-0.2, 0) is 48.1 Å². The summed E-state index contributed by atoms with van der Waals surface area (Å²) in [7, 11) is -0.709. The Bertz CT molecular complexity index is 1920. The fraction of sp³-hybridized carbons (Fsp3) is 0.765. The largest absolute Gasteiger partial charge is 0.461 e. The Kier molecular flexibility index (Phi) is 21.6. The van der Waals surface area contributed by atoms with Gasteiger partial charge in [0, 0.05) is 38.6 Å². The number of carbonyl (C=O) groups excluding carboxylic acids is 4. The lowest BCUT2D eigenvalue weighted by molar-refractivity contribution is -0.264. The van der Waals surface area contributed by atoms with Crippen LogP contribution in [0.4, 0.5) is 0 Å². The molecule has 3 fully saturated rings. The van der Waals surface area contributed by atoms with Gasteiger partial charge in [0.25, 0.3) is 11.7 Å². The minimum absolute atomic E-state index is 0.00819. The van der Waals surface area contributed by atoms with Gasteiger partial charge in [-0.25, -0.2) is 17.9 Å². The summed E-state index contributed by atoms with van der Waals surface area (Å²) in [4.78, 5) is 57.9. The molecule has 4 N–H and O–H groups in total. The molecule has 1 saturated carbocycles. The molecule has 4 rings (SSSR count). The van der Waals surface area contributed by atoms with Crippen LogP contribution in [0.5, 0.6) is 0 Å². The van der Waals surface area contributed by atoms with Crippen LogP contribution in [0.1, 0.15) is 132 Å². The van der Waals surface area contributed by atoms with E-state index in [1.807, 2.05) is 45.9 Å². The molecule has 3 heterocycles. The number of allylic oxidation sites excluding steroid dienone is 6. The first-order valence-electron chi connectivity index (χ1n) is 24.6. The summed E-state index contributed by atoms with van der Waals surface area (Å²) < 4.78 is 51.5. The lowest BCUT2D eigenvalue weighted by Gasteiger charge is -2.43. The number of amides is 1.